The largest absolute Gasteiger partial charge is 0.409 e. The average molecular weight is 289 g/mol. The van der Waals surface area contributed by atoms with Crippen molar-refractivity contribution < 1.29 is 5.21 Å². The Morgan fingerprint density at radius 1 is 1.35 bits per heavy atom. The minimum Gasteiger partial charge on any atom is -0.409 e. The lowest BCUT2D eigenvalue weighted by Gasteiger charge is -2.15. The van der Waals surface area contributed by atoms with Gasteiger partial charge in [-0.3, -0.25) is 0 Å². The molecule has 0 aliphatic rings. The van der Waals surface area contributed by atoms with Crippen LogP contribution in [0.2, 0.25) is 0 Å². The summed E-state index contributed by atoms with van der Waals surface area (Å²) in [5, 5.41) is 17.3. The lowest BCUT2D eigenvalue weighted by atomic mass is 10.1. The fourth-order valence-electron chi connectivity index (χ4n) is 2.03. The zero-order valence-corrected chi connectivity index (χ0v) is 12.2. The van der Waals surface area contributed by atoms with Crippen LogP contribution in [0.4, 0.5) is 0 Å². The van der Waals surface area contributed by atoms with E-state index in [1.54, 1.807) is 11.3 Å². The molecule has 0 aliphatic carbocycles. The zero-order valence-electron chi connectivity index (χ0n) is 11.4. The van der Waals surface area contributed by atoms with Crippen molar-refractivity contribution in [3.05, 3.63) is 57.8 Å². The molecule has 0 spiro atoms. The predicted octanol–water partition coefficient (Wildman–Crippen LogP) is 3.08. The SMILES string of the molecule is CCC(NCc1ccc(C(N)=NO)cc1)c1cccs1. The normalized spacial score (nSPS) is 13.3. The lowest BCUT2D eigenvalue weighted by molar-refractivity contribution is 0.318. The lowest BCUT2D eigenvalue weighted by Crippen LogP contribution is -2.19. The first kappa shape index (κ1) is 14.6. The molecule has 1 unspecified atom stereocenters. The number of hydrogen-bond donors (Lipinski definition) is 3. The summed E-state index contributed by atoms with van der Waals surface area (Å²) in [5.41, 5.74) is 7.44. The number of rotatable bonds is 6. The fraction of sp³-hybridized carbons (Fsp3) is 0.267. The Bertz CT molecular complexity index is 549. The Morgan fingerprint density at radius 2 is 2.10 bits per heavy atom. The maximum atomic E-state index is 8.62. The third kappa shape index (κ3) is 3.59. The van der Waals surface area contributed by atoms with Crippen molar-refractivity contribution in [2.24, 2.45) is 10.9 Å². The van der Waals surface area contributed by atoms with Gasteiger partial charge in [0.2, 0.25) is 0 Å². The van der Waals surface area contributed by atoms with E-state index in [0.717, 1.165) is 18.5 Å². The van der Waals surface area contributed by atoms with Crippen molar-refractivity contribution in [1.29, 1.82) is 0 Å². The average Bonchev–Trinajstić information content (AvgIpc) is 3.02. The Hall–Kier alpha value is -1.85. The molecule has 0 saturated heterocycles. The summed E-state index contributed by atoms with van der Waals surface area (Å²) in [6, 6.07) is 12.3. The summed E-state index contributed by atoms with van der Waals surface area (Å²) in [7, 11) is 0. The summed E-state index contributed by atoms with van der Waals surface area (Å²) in [6.07, 6.45) is 1.06. The van der Waals surface area contributed by atoms with E-state index in [-0.39, 0.29) is 5.84 Å². The third-order valence-corrected chi connectivity index (χ3v) is 4.19. The highest BCUT2D eigenvalue weighted by molar-refractivity contribution is 7.10. The summed E-state index contributed by atoms with van der Waals surface area (Å²) >= 11 is 1.78. The van der Waals surface area contributed by atoms with Gasteiger partial charge in [-0.2, -0.15) is 0 Å². The molecule has 0 saturated carbocycles. The molecule has 1 aromatic carbocycles. The molecule has 1 atom stereocenters. The van der Waals surface area contributed by atoms with Gasteiger partial charge in [0.05, 0.1) is 0 Å². The van der Waals surface area contributed by atoms with Gasteiger partial charge in [-0.05, 0) is 23.4 Å². The molecule has 0 radical (unpaired) electrons. The molecule has 0 fully saturated rings. The molecule has 106 valence electrons. The van der Waals surface area contributed by atoms with Crippen molar-refractivity contribution in [2.45, 2.75) is 25.9 Å². The van der Waals surface area contributed by atoms with Gasteiger partial charge in [0, 0.05) is 23.0 Å². The maximum absolute atomic E-state index is 8.62. The van der Waals surface area contributed by atoms with Crippen LogP contribution in [0.15, 0.2) is 46.9 Å². The number of hydrogen-bond acceptors (Lipinski definition) is 4. The van der Waals surface area contributed by atoms with Crippen LogP contribution in [0.1, 0.15) is 35.4 Å². The van der Waals surface area contributed by atoms with Gasteiger partial charge in [0.25, 0.3) is 0 Å². The second-order valence-corrected chi connectivity index (χ2v) is 5.52. The topological polar surface area (TPSA) is 70.6 Å². The Kier molecular flexibility index (Phi) is 5.15. The Balaban J connectivity index is 1.97. The minimum atomic E-state index is 0.134. The molecule has 4 nitrogen and oxygen atoms in total. The van der Waals surface area contributed by atoms with E-state index < -0.39 is 0 Å². The minimum absolute atomic E-state index is 0.134. The van der Waals surface area contributed by atoms with Crippen LogP contribution in [0.25, 0.3) is 0 Å². The van der Waals surface area contributed by atoms with Gasteiger partial charge in [-0.1, -0.05) is 42.4 Å². The van der Waals surface area contributed by atoms with Gasteiger partial charge in [0.15, 0.2) is 5.84 Å². The summed E-state index contributed by atoms with van der Waals surface area (Å²) in [5.74, 6) is 0.134. The number of nitrogens with zero attached hydrogens (tertiary/aromatic N) is 1. The van der Waals surface area contributed by atoms with Crippen molar-refractivity contribution in [2.75, 3.05) is 0 Å². The monoisotopic (exact) mass is 289 g/mol. The van der Waals surface area contributed by atoms with Crippen molar-refractivity contribution in [3.63, 3.8) is 0 Å². The van der Waals surface area contributed by atoms with E-state index >= 15 is 0 Å². The van der Waals surface area contributed by atoms with E-state index in [2.05, 4.69) is 34.9 Å². The van der Waals surface area contributed by atoms with Crippen LogP contribution >= 0.6 is 11.3 Å². The maximum Gasteiger partial charge on any atom is 0.170 e. The quantitative estimate of drug-likeness (QED) is 0.331. The predicted molar refractivity (Wildman–Crippen MR) is 83.1 cm³/mol. The molecule has 4 N–H and O–H groups in total. The van der Waals surface area contributed by atoms with Crippen molar-refractivity contribution in [3.8, 4) is 0 Å². The van der Waals surface area contributed by atoms with Gasteiger partial charge < -0.3 is 16.3 Å². The zero-order chi connectivity index (χ0) is 14.4. The van der Waals surface area contributed by atoms with Crippen molar-refractivity contribution >= 4 is 17.2 Å². The number of thiophene rings is 1. The standard InChI is InChI=1S/C15H19N3OS/c1-2-13(14-4-3-9-20-14)17-10-11-5-7-12(8-6-11)15(16)18-19/h3-9,13,17,19H,2,10H2,1H3,(H2,16,18). The molecule has 0 aliphatic heterocycles. The van der Waals surface area contributed by atoms with E-state index in [1.807, 2.05) is 24.3 Å². The molecule has 2 rings (SSSR count). The number of nitrogens with one attached hydrogen (secondary N) is 1. The Labute approximate surface area is 122 Å². The van der Waals surface area contributed by atoms with Gasteiger partial charge in [0.1, 0.15) is 0 Å². The highest BCUT2D eigenvalue weighted by atomic mass is 32.1. The van der Waals surface area contributed by atoms with Crippen LogP contribution < -0.4 is 11.1 Å². The molecule has 2 aromatic rings. The van der Waals surface area contributed by atoms with Crippen LogP contribution in [-0.4, -0.2) is 11.0 Å². The number of amidine groups is 1. The fourth-order valence-corrected chi connectivity index (χ4v) is 2.91. The smallest absolute Gasteiger partial charge is 0.170 e. The van der Waals surface area contributed by atoms with Gasteiger partial charge in [-0.15, -0.1) is 11.3 Å². The van der Waals surface area contributed by atoms with E-state index in [1.165, 1.54) is 10.4 Å². The number of oxime groups is 1. The summed E-state index contributed by atoms with van der Waals surface area (Å²) in [6.45, 7) is 2.98. The number of nitrogens with two attached hydrogens (primary N) is 1. The molecule has 0 bridgehead atoms. The van der Waals surface area contributed by atoms with E-state index in [9.17, 15) is 0 Å². The molecule has 5 heteroatoms. The second-order valence-electron chi connectivity index (χ2n) is 4.54. The first-order chi connectivity index (χ1) is 9.74. The second kappa shape index (κ2) is 7.07. The molecular weight excluding hydrogens is 270 g/mol. The highest BCUT2D eigenvalue weighted by Gasteiger charge is 2.09. The molecular formula is C15H19N3OS. The van der Waals surface area contributed by atoms with Crippen LogP contribution in [0.3, 0.4) is 0 Å². The van der Waals surface area contributed by atoms with Gasteiger partial charge >= 0.3 is 0 Å². The molecule has 20 heavy (non-hydrogen) atoms. The summed E-state index contributed by atoms with van der Waals surface area (Å²) in [4.78, 5) is 1.36. The van der Waals surface area contributed by atoms with Crippen LogP contribution in [0, 0.1) is 0 Å². The molecule has 0 amide bonds. The van der Waals surface area contributed by atoms with Crippen LogP contribution in [0.5, 0.6) is 0 Å². The molecule has 1 aromatic heterocycles. The summed E-state index contributed by atoms with van der Waals surface area (Å²) < 4.78 is 0. The van der Waals surface area contributed by atoms with E-state index in [4.69, 9.17) is 10.9 Å². The molecule has 1 heterocycles. The first-order valence-corrected chi connectivity index (χ1v) is 7.46. The van der Waals surface area contributed by atoms with Gasteiger partial charge in [-0.25, -0.2) is 0 Å². The third-order valence-electron chi connectivity index (χ3n) is 3.20. The van der Waals surface area contributed by atoms with E-state index in [0.29, 0.717) is 6.04 Å². The Morgan fingerprint density at radius 3 is 2.65 bits per heavy atom. The first-order valence-electron chi connectivity index (χ1n) is 6.58. The van der Waals surface area contributed by atoms with Crippen LogP contribution in [-0.2, 0) is 6.54 Å². The van der Waals surface area contributed by atoms with Crippen molar-refractivity contribution in [1.82, 2.24) is 5.32 Å². The highest BCUT2D eigenvalue weighted by Crippen LogP contribution is 2.22. The number of benzene rings is 1.